The molecule has 0 saturated carbocycles. The molecule has 1 aromatic heterocycles. The van der Waals surface area contributed by atoms with E-state index in [-0.39, 0.29) is 29.8 Å². The molecule has 1 saturated heterocycles. The summed E-state index contributed by atoms with van der Waals surface area (Å²) in [6, 6.07) is 3.80. The molecule has 0 bridgehead atoms. The van der Waals surface area contributed by atoms with Crippen molar-refractivity contribution in [3.05, 3.63) is 24.0 Å². The highest BCUT2D eigenvalue weighted by Gasteiger charge is 2.32. The fourth-order valence-electron chi connectivity index (χ4n) is 3.39. The van der Waals surface area contributed by atoms with Crippen molar-refractivity contribution < 1.29 is 19.1 Å². The molecule has 2 aromatic rings. The van der Waals surface area contributed by atoms with Crippen molar-refractivity contribution in [3.63, 3.8) is 0 Å². The number of hydrogen-bond acceptors (Lipinski definition) is 5. The smallest absolute Gasteiger partial charge is 0.321 e. The zero-order chi connectivity index (χ0) is 20.4. The van der Waals surface area contributed by atoms with Gasteiger partial charge >= 0.3 is 12.0 Å². The third-order valence-corrected chi connectivity index (χ3v) is 4.74. The van der Waals surface area contributed by atoms with Crippen LogP contribution in [0.25, 0.3) is 11.4 Å². The number of aromatic nitrogens is 4. The zero-order valence-electron chi connectivity index (χ0n) is 16.0. The number of benzene rings is 1. The van der Waals surface area contributed by atoms with Crippen molar-refractivity contribution in [2.24, 2.45) is 11.8 Å². The molecule has 2 atom stereocenters. The minimum atomic E-state index is -0.914. The third-order valence-electron chi connectivity index (χ3n) is 4.74. The van der Waals surface area contributed by atoms with Gasteiger partial charge in [-0.15, -0.1) is 5.10 Å². The van der Waals surface area contributed by atoms with Crippen LogP contribution in [0.5, 0.6) is 0 Å². The van der Waals surface area contributed by atoms with E-state index in [2.05, 4.69) is 20.8 Å². The van der Waals surface area contributed by atoms with E-state index in [9.17, 15) is 19.1 Å². The molecule has 1 aromatic carbocycles. The molecule has 2 amide bonds. The van der Waals surface area contributed by atoms with E-state index < -0.39 is 23.7 Å². The lowest BCUT2D eigenvalue weighted by molar-refractivity contribution is -0.143. The average Bonchev–Trinajstić information content (AvgIpc) is 3.11. The molecule has 1 aliphatic rings. The van der Waals surface area contributed by atoms with Gasteiger partial charge in [-0.3, -0.25) is 4.79 Å². The first-order valence-corrected chi connectivity index (χ1v) is 9.12. The molecule has 9 nitrogen and oxygen atoms in total. The van der Waals surface area contributed by atoms with Crippen molar-refractivity contribution in [2.45, 2.75) is 33.2 Å². The first-order chi connectivity index (χ1) is 13.3. The Hall–Kier alpha value is -3.04. The highest BCUT2D eigenvalue weighted by atomic mass is 19.1. The van der Waals surface area contributed by atoms with Crippen molar-refractivity contribution in [1.29, 1.82) is 0 Å². The number of nitrogens with zero attached hydrogens (tertiary/aromatic N) is 5. The molecular formula is C18H23FN6O3. The molecule has 0 radical (unpaired) electrons. The Morgan fingerprint density at radius 3 is 2.71 bits per heavy atom. The van der Waals surface area contributed by atoms with Crippen LogP contribution in [0, 0.1) is 17.7 Å². The molecule has 0 aliphatic carbocycles. The van der Waals surface area contributed by atoms with Crippen LogP contribution in [0.4, 0.5) is 14.9 Å². The molecule has 0 spiro atoms. The molecule has 2 N–H and O–H groups in total. The number of carbonyl (C=O) groups is 2. The van der Waals surface area contributed by atoms with Gasteiger partial charge < -0.3 is 15.3 Å². The maximum atomic E-state index is 14.6. The number of nitrogens with one attached hydrogen (secondary N) is 1. The summed E-state index contributed by atoms with van der Waals surface area (Å²) in [6.07, 6.45) is 0.535. The number of halogens is 1. The van der Waals surface area contributed by atoms with Crippen molar-refractivity contribution in [2.75, 3.05) is 18.4 Å². The van der Waals surface area contributed by atoms with Crippen molar-refractivity contribution in [1.82, 2.24) is 25.1 Å². The number of urea groups is 1. The summed E-state index contributed by atoms with van der Waals surface area (Å²) in [4.78, 5) is 25.2. The van der Waals surface area contributed by atoms with Gasteiger partial charge in [-0.05, 0) is 54.8 Å². The SMILES string of the molecule is CC1CC(C(=O)O)CN(C(=O)Nc2ccc(-c3nnnn3C(C)C)c(F)c2)C1. The minimum Gasteiger partial charge on any atom is -0.481 e. The van der Waals surface area contributed by atoms with Gasteiger partial charge in [0, 0.05) is 18.8 Å². The van der Waals surface area contributed by atoms with Gasteiger partial charge in [0.05, 0.1) is 17.5 Å². The fourth-order valence-corrected chi connectivity index (χ4v) is 3.39. The number of rotatable bonds is 4. The largest absolute Gasteiger partial charge is 0.481 e. The number of amides is 2. The van der Waals surface area contributed by atoms with Crippen LogP contribution in [0.3, 0.4) is 0 Å². The maximum absolute atomic E-state index is 14.6. The molecular weight excluding hydrogens is 367 g/mol. The number of tetrazole rings is 1. The number of carbonyl (C=O) groups excluding carboxylic acids is 1. The lowest BCUT2D eigenvalue weighted by Gasteiger charge is -2.34. The van der Waals surface area contributed by atoms with Gasteiger partial charge in [0.2, 0.25) is 0 Å². The van der Waals surface area contributed by atoms with Crippen LogP contribution in [0.1, 0.15) is 33.2 Å². The average molecular weight is 390 g/mol. The summed E-state index contributed by atoms with van der Waals surface area (Å²) in [5.41, 5.74) is 0.508. The highest BCUT2D eigenvalue weighted by Crippen LogP contribution is 2.26. The minimum absolute atomic E-state index is 0.0351. The van der Waals surface area contributed by atoms with Gasteiger partial charge in [-0.2, -0.15) is 0 Å². The van der Waals surface area contributed by atoms with E-state index in [1.54, 1.807) is 6.07 Å². The number of hydrogen-bond donors (Lipinski definition) is 2. The third kappa shape index (κ3) is 4.10. The molecule has 1 fully saturated rings. The number of likely N-dealkylation sites (tertiary alicyclic amines) is 1. The zero-order valence-corrected chi connectivity index (χ0v) is 16.0. The van der Waals surface area contributed by atoms with Crippen LogP contribution in [-0.2, 0) is 4.79 Å². The topological polar surface area (TPSA) is 113 Å². The first-order valence-electron chi connectivity index (χ1n) is 9.12. The molecule has 10 heteroatoms. The predicted molar refractivity (Wildman–Crippen MR) is 99.1 cm³/mol. The van der Waals surface area contributed by atoms with E-state index in [0.29, 0.717) is 18.8 Å². The van der Waals surface area contributed by atoms with E-state index in [0.717, 1.165) is 0 Å². The summed E-state index contributed by atoms with van der Waals surface area (Å²) in [5.74, 6) is -1.69. The Morgan fingerprint density at radius 1 is 1.32 bits per heavy atom. The van der Waals surface area contributed by atoms with Crippen LogP contribution in [0.2, 0.25) is 0 Å². The summed E-state index contributed by atoms with van der Waals surface area (Å²) in [6.45, 7) is 6.27. The van der Waals surface area contributed by atoms with Gasteiger partial charge in [0.15, 0.2) is 5.82 Å². The molecule has 28 heavy (non-hydrogen) atoms. The second-order valence-electron chi connectivity index (χ2n) is 7.45. The Labute approximate surface area is 161 Å². The van der Waals surface area contributed by atoms with Crippen molar-refractivity contribution >= 4 is 17.7 Å². The molecule has 150 valence electrons. The number of carboxylic acid groups (broad SMARTS) is 1. The number of aliphatic carboxylic acids is 1. The van der Waals surface area contributed by atoms with Crippen LogP contribution in [0.15, 0.2) is 18.2 Å². The Kier molecular flexibility index (Phi) is 5.57. The van der Waals surface area contributed by atoms with E-state index in [1.165, 1.54) is 21.7 Å². The number of piperidine rings is 1. The first kappa shape index (κ1) is 19.7. The summed E-state index contributed by atoms with van der Waals surface area (Å²) < 4.78 is 16.1. The fraction of sp³-hybridized carbons (Fsp3) is 0.500. The lowest BCUT2D eigenvalue weighted by atomic mass is 9.91. The number of anilines is 1. The van der Waals surface area contributed by atoms with Gasteiger partial charge in [-0.25, -0.2) is 13.9 Å². The molecule has 2 unspecified atom stereocenters. The van der Waals surface area contributed by atoms with E-state index in [1.807, 2.05) is 20.8 Å². The van der Waals surface area contributed by atoms with Gasteiger partial charge in [0.1, 0.15) is 5.82 Å². The van der Waals surface area contributed by atoms with Crippen LogP contribution < -0.4 is 5.32 Å². The normalized spacial score (nSPS) is 19.7. The van der Waals surface area contributed by atoms with E-state index in [4.69, 9.17) is 0 Å². The van der Waals surface area contributed by atoms with Crippen molar-refractivity contribution in [3.8, 4) is 11.4 Å². The Balaban J connectivity index is 1.75. The standard InChI is InChI=1S/C18H23FN6O3/c1-10(2)25-16(21-22-23-25)14-5-4-13(7-15(14)19)20-18(28)24-8-11(3)6-12(9-24)17(26)27/h4-5,7,10-12H,6,8-9H2,1-3H3,(H,20,28)(H,26,27). The van der Waals surface area contributed by atoms with Crippen LogP contribution >= 0.6 is 0 Å². The molecule has 1 aliphatic heterocycles. The van der Waals surface area contributed by atoms with Crippen LogP contribution in [-0.4, -0.2) is 55.3 Å². The lowest BCUT2D eigenvalue weighted by Crippen LogP contribution is -2.47. The second-order valence-corrected chi connectivity index (χ2v) is 7.45. The number of carboxylic acids is 1. The molecule has 2 heterocycles. The van der Waals surface area contributed by atoms with E-state index >= 15 is 0 Å². The Morgan fingerprint density at radius 2 is 2.07 bits per heavy atom. The predicted octanol–water partition coefficient (Wildman–Crippen LogP) is 2.63. The second kappa shape index (κ2) is 7.91. The van der Waals surface area contributed by atoms with Gasteiger partial charge in [0.25, 0.3) is 0 Å². The van der Waals surface area contributed by atoms with Gasteiger partial charge in [-0.1, -0.05) is 6.92 Å². The monoisotopic (exact) mass is 390 g/mol. The summed E-state index contributed by atoms with van der Waals surface area (Å²) in [7, 11) is 0. The quantitative estimate of drug-likeness (QED) is 0.830. The highest BCUT2D eigenvalue weighted by molar-refractivity contribution is 5.90. The summed E-state index contributed by atoms with van der Waals surface area (Å²) >= 11 is 0. The molecule has 3 rings (SSSR count). The maximum Gasteiger partial charge on any atom is 0.321 e. The Bertz CT molecular complexity index is 884. The summed E-state index contributed by atoms with van der Waals surface area (Å²) in [5, 5.41) is 23.2.